The summed E-state index contributed by atoms with van der Waals surface area (Å²) in [6.45, 7) is 12.5. The zero-order chi connectivity index (χ0) is 17.3. The second-order valence-electron chi connectivity index (χ2n) is 8.50. The van der Waals surface area contributed by atoms with Crippen LogP contribution in [0.25, 0.3) is 10.8 Å². The van der Waals surface area contributed by atoms with Crippen LogP contribution in [0.5, 0.6) is 0 Å². The molecular weight excluding hydrogens is 282 g/mol. The maximum atomic E-state index is 12.8. The number of hydrogen-bond donors (Lipinski definition) is 1. The van der Waals surface area contributed by atoms with Gasteiger partial charge >= 0.3 is 0 Å². The van der Waals surface area contributed by atoms with E-state index < -0.39 is 0 Å². The summed E-state index contributed by atoms with van der Waals surface area (Å²) < 4.78 is 0. The smallest absolute Gasteiger partial charge is 0.224 e. The van der Waals surface area contributed by atoms with Crippen molar-refractivity contribution < 1.29 is 4.79 Å². The predicted molar refractivity (Wildman–Crippen MR) is 98.5 cm³/mol. The van der Waals surface area contributed by atoms with E-state index in [1.165, 1.54) is 16.3 Å². The highest BCUT2D eigenvalue weighted by molar-refractivity contribution is 5.87. The van der Waals surface area contributed by atoms with Crippen LogP contribution in [-0.4, -0.2) is 11.4 Å². The van der Waals surface area contributed by atoms with Gasteiger partial charge in [-0.3, -0.25) is 4.79 Å². The van der Waals surface area contributed by atoms with E-state index in [0.29, 0.717) is 0 Å². The van der Waals surface area contributed by atoms with Crippen molar-refractivity contribution in [3.63, 3.8) is 0 Å². The van der Waals surface area contributed by atoms with Gasteiger partial charge in [0.25, 0.3) is 0 Å². The minimum absolute atomic E-state index is 0.0625. The van der Waals surface area contributed by atoms with E-state index in [0.717, 1.165) is 6.42 Å². The van der Waals surface area contributed by atoms with E-state index in [1.54, 1.807) is 0 Å². The lowest BCUT2D eigenvalue weighted by Gasteiger charge is -2.33. The molecule has 23 heavy (non-hydrogen) atoms. The Morgan fingerprint density at radius 3 is 2.17 bits per heavy atom. The van der Waals surface area contributed by atoms with Gasteiger partial charge < -0.3 is 5.32 Å². The minimum Gasteiger partial charge on any atom is -0.351 e. The highest BCUT2D eigenvalue weighted by Crippen LogP contribution is 2.32. The van der Waals surface area contributed by atoms with E-state index in [9.17, 15) is 4.79 Å². The van der Waals surface area contributed by atoms with Gasteiger partial charge in [-0.25, -0.2) is 0 Å². The topological polar surface area (TPSA) is 29.1 Å². The van der Waals surface area contributed by atoms with Crippen molar-refractivity contribution in [2.45, 2.75) is 53.5 Å². The highest BCUT2D eigenvalue weighted by Gasteiger charge is 2.33. The summed E-state index contributed by atoms with van der Waals surface area (Å²) in [5.41, 5.74) is 0.943. The Morgan fingerprint density at radius 1 is 0.957 bits per heavy atom. The van der Waals surface area contributed by atoms with Crippen LogP contribution >= 0.6 is 0 Å². The molecular formula is C21H29NO. The second kappa shape index (κ2) is 6.35. The summed E-state index contributed by atoms with van der Waals surface area (Å²) in [6, 6.07) is 14.7. The first-order chi connectivity index (χ1) is 10.6. The Kier molecular flexibility index (Phi) is 4.84. The quantitative estimate of drug-likeness (QED) is 0.853. The summed E-state index contributed by atoms with van der Waals surface area (Å²) in [7, 11) is 0. The van der Waals surface area contributed by atoms with E-state index in [-0.39, 0.29) is 22.8 Å². The normalized spacial score (nSPS) is 13.8. The number of carbonyl (C=O) groups is 1. The highest BCUT2D eigenvalue weighted by atomic mass is 16.2. The molecule has 1 N–H and O–H groups in total. The largest absolute Gasteiger partial charge is 0.351 e. The zero-order valence-electron chi connectivity index (χ0n) is 15.2. The Balaban J connectivity index is 2.36. The van der Waals surface area contributed by atoms with E-state index in [4.69, 9.17) is 0 Å². The third-order valence-corrected chi connectivity index (χ3v) is 4.16. The number of carbonyl (C=O) groups excluding carboxylic acids is 1. The Bertz CT molecular complexity index is 684. The molecule has 0 fully saturated rings. The summed E-state index contributed by atoms with van der Waals surface area (Å²) >= 11 is 0. The monoisotopic (exact) mass is 311 g/mol. The molecule has 2 nitrogen and oxygen atoms in total. The van der Waals surface area contributed by atoms with Gasteiger partial charge in [0.1, 0.15) is 0 Å². The van der Waals surface area contributed by atoms with Crippen LogP contribution in [0.1, 0.15) is 47.1 Å². The third kappa shape index (κ3) is 4.57. The summed E-state index contributed by atoms with van der Waals surface area (Å²) in [5.74, 6) is 0.0745. The summed E-state index contributed by atoms with van der Waals surface area (Å²) in [5, 5.41) is 5.63. The number of rotatable bonds is 3. The van der Waals surface area contributed by atoms with Gasteiger partial charge in [-0.2, -0.15) is 0 Å². The fourth-order valence-corrected chi connectivity index (χ4v) is 2.94. The number of amides is 1. The summed E-state index contributed by atoms with van der Waals surface area (Å²) in [6.07, 6.45) is 0.757. The fourth-order valence-electron chi connectivity index (χ4n) is 2.94. The lowest BCUT2D eigenvalue weighted by Crippen LogP contribution is -2.47. The summed E-state index contributed by atoms with van der Waals surface area (Å²) in [4.78, 5) is 12.8. The minimum atomic E-state index is -0.209. The first-order valence-corrected chi connectivity index (χ1v) is 8.36. The van der Waals surface area contributed by atoms with Crippen molar-refractivity contribution in [3.8, 4) is 0 Å². The van der Waals surface area contributed by atoms with Gasteiger partial charge in [0, 0.05) is 11.5 Å². The number of fused-ring (bicyclic) bond motifs is 1. The van der Waals surface area contributed by atoms with E-state index in [1.807, 2.05) is 20.8 Å². The van der Waals surface area contributed by atoms with Gasteiger partial charge in [0.2, 0.25) is 5.91 Å². The molecule has 2 rings (SSSR count). The lowest BCUT2D eigenvalue weighted by atomic mass is 9.75. The van der Waals surface area contributed by atoms with Crippen LogP contribution in [0, 0.1) is 11.3 Å². The van der Waals surface area contributed by atoms with Crippen molar-refractivity contribution in [3.05, 3.63) is 48.0 Å². The zero-order valence-corrected chi connectivity index (χ0v) is 15.2. The van der Waals surface area contributed by atoms with Crippen LogP contribution < -0.4 is 5.32 Å². The number of hydrogen-bond acceptors (Lipinski definition) is 1. The molecule has 0 saturated heterocycles. The Morgan fingerprint density at radius 2 is 1.57 bits per heavy atom. The molecule has 1 amide bonds. The van der Waals surface area contributed by atoms with Crippen LogP contribution in [0.2, 0.25) is 0 Å². The SMILES string of the molecule is CC(C)(C)NC(=O)[C@@H](Cc1cccc2ccccc12)C(C)(C)C. The van der Waals surface area contributed by atoms with E-state index >= 15 is 0 Å². The number of nitrogens with one attached hydrogen (secondary N) is 1. The molecule has 2 heteroatoms. The molecule has 0 aliphatic carbocycles. The van der Waals surface area contributed by atoms with Gasteiger partial charge in [-0.05, 0) is 48.9 Å². The number of benzene rings is 2. The van der Waals surface area contributed by atoms with Crippen LogP contribution in [0.15, 0.2) is 42.5 Å². The van der Waals surface area contributed by atoms with Crippen molar-refractivity contribution >= 4 is 16.7 Å². The van der Waals surface area contributed by atoms with Crippen molar-refractivity contribution in [2.24, 2.45) is 11.3 Å². The molecule has 1 atom stereocenters. The van der Waals surface area contributed by atoms with Crippen molar-refractivity contribution in [1.82, 2.24) is 5.32 Å². The molecule has 0 aliphatic rings. The first-order valence-electron chi connectivity index (χ1n) is 8.36. The molecule has 0 radical (unpaired) electrons. The fraction of sp³-hybridized carbons (Fsp3) is 0.476. The average Bonchev–Trinajstić information content (AvgIpc) is 2.41. The molecule has 2 aromatic rings. The lowest BCUT2D eigenvalue weighted by molar-refractivity contribution is -0.129. The Labute approximate surface area is 140 Å². The molecule has 0 unspecified atom stereocenters. The van der Waals surface area contributed by atoms with Crippen molar-refractivity contribution in [1.29, 1.82) is 0 Å². The Hall–Kier alpha value is -1.83. The van der Waals surface area contributed by atoms with Crippen LogP contribution in [0.4, 0.5) is 0 Å². The molecule has 0 aliphatic heterocycles. The molecule has 2 aromatic carbocycles. The molecule has 0 aromatic heterocycles. The van der Waals surface area contributed by atoms with Crippen LogP contribution in [0.3, 0.4) is 0 Å². The van der Waals surface area contributed by atoms with Crippen LogP contribution in [-0.2, 0) is 11.2 Å². The van der Waals surface area contributed by atoms with Gasteiger partial charge in [0.15, 0.2) is 0 Å². The second-order valence-corrected chi connectivity index (χ2v) is 8.50. The van der Waals surface area contributed by atoms with Gasteiger partial charge in [0.05, 0.1) is 0 Å². The van der Waals surface area contributed by atoms with Crippen molar-refractivity contribution in [2.75, 3.05) is 0 Å². The molecule has 0 spiro atoms. The molecule has 0 saturated carbocycles. The standard InChI is InChI=1S/C21H29NO/c1-20(2,3)18(19(23)22-21(4,5)6)14-16-12-9-11-15-10-7-8-13-17(15)16/h7-13,18H,14H2,1-6H3,(H,22,23)/t18-/m1/s1. The maximum absolute atomic E-state index is 12.8. The van der Waals surface area contributed by atoms with Gasteiger partial charge in [-0.15, -0.1) is 0 Å². The van der Waals surface area contributed by atoms with E-state index in [2.05, 4.69) is 68.6 Å². The predicted octanol–water partition coefficient (Wildman–Crippen LogP) is 4.96. The maximum Gasteiger partial charge on any atom is 0.224 e. The average molecular weight is 311 g/mol. The molecule has 124 valence electrons. The molecule has 0 heterocycles. The first kappa shape index (κ1) is 17.5. The third-order valence-electron chi connectivity index (χ3n) is 4.16. The van der Waals surface area contributed by atoms with Gasteiger partial charge in [-0.1, -0.05) is 63.2 Å². The molecule has 0 bridgehead atoms.